The van der Waals surface area contributed by atoms with Crippen LogP contribution in [0.15, 0.2) is 6.20 Å². The number of hydrogen-bond acceptors (Lipinski definition) is 5. The molecule has 0 aromatic carbocycles. The Labute approximate surface area is 78.3 Å². The molecule has 12 heavy (non-hydrogen) atoms. The molecule has 0 aliphatic rings. The molecule has 0 amide bonds. The van der Waals surface area contributed by atoms with Crippen molar-refractivity contribution in [1.29, 1.82) is 0 Å². The van der Waals surface area contributed by atoms with E-state index in [0.717, 1.165) is 15.6 Å². The van der Waals surface area contributed by atoms with Crippen LogP contribution in [0.4, 0.5) is 0 Å². The fourth-order valence-corrected chi connectivity index (χ4v) is 2.23. The Morgan fingerprint density at radius 2 is 2.17 bits per heavy atom. The van der Waals surface area contributed by atoms with Crippen molar-refractivity contribution in [2.45, 2.75) is 13.8 Å². The van der Waals surface area contributed by atoms with Crippen LogP contribution in [0.3, 0.4) is 0 Å². The summed E-state index contributed by atoms with van der Waals surface area (Å²) in [7, 11) is 0. The first-order chi connectivity index (χ1) is 5.77. The molecule has 0 unspecified atom stereocenters. The molecule has 3 nitrogen and oxygen atoms in total. The average molecular weight is 197 g/mol. The molecule has 2 aromatic rings. The van der Waals surface area contributed by atoms with E-state index in [4.69, 9.17) is 0 Å². The number of rotatable bonds is 1. The SMILES string of the molecule is Cc1cnc(-c2nnsc2C)s1. The van der Waals surface area contributed by atoms with Gasteiger partial charge in [0.25, 0.3) is 0 Å². The zero-order valence-corrected chi connectivity index (χ0v) is 8.37. The molecule has 0 saturated carbocycles. The Balaban J connectivity index is 2.50. The molecule has 2 heterocycles. The lowest BCUT2D eigenvalue weighted by molar-refractivity contribution is 1.15. The second-order valence-electron chi connectivity index (χ2n) is 2.45. The molecule has 0 bridgehead atoms. The summed E-state index contributed by atoms with van der Waals surface area (Å²) >= 11 is 3.07. The predicted octanol–water partition coefficient (Wildman–Crippen LogP) is 2.28. The van der Waals surface area contributed by atoms with Gasteiger partial charge in [0.15, 0.2) is 0 Å². The van der Waals surface area contributed by atoms with E-state index in [0.29, 0.717) is 0 Å². The lowest BCUT2D eigenvalue weighted by Gasteiger charge is -1.86. The number of aryl methyl sites for hydroxylation is 2. The molecule has 62 valence electrons. The van der Waals surface area contributed by atoms with Crippen molar-refractivity contribution in [2.24, 2.45) is 0 Å². The normalized spacial score (nSPS) is 10.5. The molecule has 0 radical (unpaired) electrons. The van der Waals surface area contributed by atoms with Crippen LogP contribution in [-0.2, 0) is 0 Å². The van der Waals surface area contributed by atoms with Gasteiger partial charge < -0.3 is 0 Å². The molecule has 5 heteroatoms. The van der Waals surface area contributed by atoms with Crippen LogP contribution in [0.2, 0.25) is 0 Å². The predicted molar refractivity (Wildman–Crippen MR) is 50.5 cm³/mol. The molecule has 0 fully saturated rings. The topological polar surface area (TPSA) is 38.7 Å². The van der Waals surface area contributed by atoms with E-state index in [-0.39, 0.29) is 0 Å². The Morgan fingerprint density at radius 1 is 1.33 bits per heavy atom. The highest BCUT2D eigenvalue weighted by Crippen LogP contribution is 2.26. The molecule has 0 N–H and O–H groups in total. The third kappa shape index (κ3) is 1.25. The van der Waals surface area contributed by atoms with Gasteiger partial charge in [-0.25, -0.2) is 4.98 Å². The van der Waals surface area contributed by atoms with Crippen LogP contribution in [0.5, 0.6) is 0 Å². The maximum absolute atomic E-state index is 4.24. The quantitative estimate of drug-likeness (QED) is 0.704. The van der Waals surface area contributed by atoms with Crippen LogP contribution in [0, 0.1) is 13.8 Å². The van der Waals surface area contributed by atoms with Gasteiger partial charge in [-0.2, -0.15) is 0 Å². The van der Waals surface area contributed by atoms with Gasteiger partial charge in [-0.1, -0.05) is 4.49 Å². The zero-order chi connectivity index (χ0) is 8.55. The van der Waals surface area contributed by atoms with Gasteiger partial charge in [-0.3, -0.25) is 0 Å². The van der Waals surface area contributed by atoms with Gasteiger partial charge in [0.1, 0.15) is 10.7 Å². The molecule has 2 aromatic heterocycles. The summed E-state index contributed by atoms with van der Waals surface area (Å²) in [4.78, 5) is 6.58. The molecule has 0 aliphatic heterocycles. The first-order valence-electron chi connectivity index (χ1n) is 3.49. The minimum atomic E-state index is 0.929. The van der Waals surface area contributed by atoms with Gasteiger partial charge in [0.2, 0.25) is 0 Å². The summed E-state index contributed by atoms with van der Waals surface area (Å²) in [6, 6.07) is 0. The van der Waals surface area contributed by atoms with E-state index in [1.54, 1.807) is 11.3 Å². The zero-order valence-electron chi connectivity index (χ0n) is 6.74. The summed E-state index contributed by atoms with van der Waals surface area (Å²) < 4.78 is 3.87. The second kappa shape index (κ2) is 2.91. The molecule has 2 rings (SSSR count). The monoisotopic (exact) mass is 197 g/mol. The highest BCUT2D eigenvalue weighted by atomic mass is 32.1. The van der Waals surface area contributed by atoms with Crippen LogP contribution in [-0.4, -0.2) is 14.6 Å². The fourth-order valence-electron chi connectivity index (χ4n) is 0.894. The number of nitrogens with zero attached hydrogens (tertiary/aromatic N) is 3. The van der Waals surface area contributed by atoms with E-state index >= 15 is 0 Å². The maximum atomic E-state index is 4.24. The van der Waals surface area contributed by atoms with E-state index in [1.165, 1.54) is 16.4 Å². The van der Waals surface area contributed by atoms with Crippen LogP contribution in [0.1, 0.15) is 9.75 Å². The largest absolute Gasteiger partial charge is 0.242 e. The summed E-state index contributed by atoms with van der Waals surface area (Å²) in [5, 5.41) is 4.99. The highest BCUT2D eigenvalue weighted by Gasteiger charge is 2.09. The first-order valence-corrected chi connectivity index (χ1v) is 5.08. The molecule has 0 saturated heterocycles. The fraction of sp³-hybridized carbons (Fsp3) is 0.286. The van der Waals surface area contributed by atoms with Gasteiger partial charge in [-0.15, -0.1) is 16.4 Å². The van der Waals surface area contributed by atoms with Crippen molar-refractivity contribution in [3.05, 3.63) is 16.0 Å². The minimum Gasteiger partial charge on any atom is -0.242 e. The number of hydrogen-bond donors (Lipinski definition) is 0. The van der Waals surface area contributed by atoms with E-state index in [9.17, 15) is 0 Å². The summed E-state index contributed by atoms with van der Waals surface area (Å²) in [5.41, 5.74) is 0.929. The smallest absolute Gasteiger partial charge is 0.145 e. The summed E-state index contributed by atoms with van der Waals surface area (Å²) in [6.07, 6.45) is 1.86. The van der Waals surface area contributed by atoms with Gasteiger partial charge in [0, 0.05) is 11.1 Å². The first kappa shape index (κ1) is 7.82. The third-order valence-electron chi connectivity index (χ3n) is 1.48. The van der Waals surface area contributed by atoms with Crippen molar-refractivity contribution in [1.82, 2.24) is 14.6 Å². The second-order valence-corrected chi connectivity index (χ2v) is 4.65. The van der Waals surface area contributed by atoms with Crippen molar-refractivity contribution in [3.8, 4) is 10.7 Å². The highest BCUT2D eigenvalue weighted by molar-refractivity contribution is 7.15. The number of thiazole rings is 1. The van der Waals surface area contributed by atoms with Crippen molar-refractivity contribution >= 4 is 22.9 Å². The molecule has 0 aliphatic carbocycles. The Hall–Kier alpha value is -0.810. The van der Waals surface area contributed by atoms with Crippen molar-refractivity contribution < 1.29 is 0 Å². The molecule has 0 spiro atoms. The minimum absolute atomic E-state index is 0.929. The Morgan fingerprint density at radius 3 is 2.67 bits per heavy atom. The van der Waals surface area contributed by atoms with Gasteiger partial charge in [0.05, 0.1) is 4.88 Å². The van der Waals surface area contributed by atoms with Crippen LogP contribution >= 0.6 is 22.9 Å². The van der Waals surface area contributed by atoms with Crippen LogP contribution in [0.25, 0.3) is 10.7 Å². The maximum Gasteiger partial charge on any atom is 0.145 e. The molecular formula is C7H7N3S2. The lowest BCUT2D eigenvalue weighted by Crippen LogP contribution is -1.77. The molecular weight excluding hydrogens is 190 g/mol. The lowest BCUT2D eigenvalue weighted by atomic mass is 10.4. The van der Waals surface area contributed by atoms with Gasteiger partial charge >= 0.3 is 0 Å². The van der Waals surface area contributed by atoms with Crippen molar-refractivity contribution in [2.75, 3.05) is 0 Å². The summed E-state index contributed by atoms with van der Waals surface area (Å²) in [6.45, 7) is 4.05. The molecule has 0 atom stereocenters. The average Bonchev–Trinajstić information content (AvgIpc) is 2.58. The Bertz CT molecular complexity index is 391. The van der Waals surface area contributed by atoms with E-state index < -0.39 is 0 Å². The standard InChI is InChI=1S/C7H7N3S2/c1-4-3-8-7(11-4)6-5(2)12-10-9-6/h3H,1-2H3. The third-order valence-corrected chi connectivity index (χ3v) is 3.03. The van der Waals surface area contributed by atoms with Crippen molar-refractivity contribution in [3.63, 3.8) is 0 Å². The Kier molecular flexibility index (Phi) is 1.90. The van der Waals surface area contributed by atoms with E-state index in [2.05, 4.69) is 14.6 Å². The number of aromatic nitrogens is 3. The van der Waals surface area contributed by atoms with Gasteiger partial charge in [-0.05, 0) is 25.4 Å². The van der Waals surface area contributed by atoms with Crippen LogP contribution < -0.4 is 0 Å². The van der Waals surface area contributed by atoms with E-state index in [1.807, 2.05) is 20.0 Å². The summed E-state index contributed by atoms with van der Waals surface area (Å²) in [5.74, 6) is 0.